The molecule has 0 aliphatic heterocycles. The molecule has 0 radical (unpaired) electrons. The fourth-order valence-electron chi connectivity index (χ4n) is 1.79. The van der Waals surface area contributed by atoms with Gasteiger partial charge >= 0.3 is 12.0 Å². The molecule has 92 valence electrons. The Morgan fingerprint density at radius 1 is 1.44 bits per heavy atom. The Kier molecular flexibility index (Phi) is 4.58. The van der Waals surface area contributed by atoms with Gasteiger partial charge < -0.3 is 15.7 Å². The number of aliphatic carboxylic acids is 1. The molecule has 0 spiro atoms. The molecule has 0 unspecified atom stereocenters. The molecular formula is C11H20N2O3. The Morgan fingerprint density at radius 2 is 2.12 bits per heavy atom. The normalized spacial score (nSPS) is 22.9. The van der Waals surface area contributed by atoms with Crippen LogP contribution in [0.4, 0.5) is 4.79 Å². The first-order valence-corrected chi connectivity index (χ1v) is 5.75. The third kappa shape index (κ3) is 5.00. The van der Waals surface area contributed by atoms with Gasteiger partial charge in [0.05, 0.1) is 6.42 Å². The summed E-state index contributed by atoms with van der Waals surface area (Å²) in [5, 5.41) is 13.8. The van der Waals surface area contributed by atoms with Crippen LogP contribution in [0, 0.1) is 11.8 Å². The summed E-state index contributed by atoms with van der Waals surface area (Å²) in [6.45, 7) is 4.52. The number of urea groups is 1. The summed E-state index contributed by atoms with van der Waals surface area (Å²) in [5.74, 6) is 0.363. The van der Waals surface area contributed by atoms with Crippen molar-refractivity contribution in [1.29, 1.82) is 0 Å². The molecule has 0 aromatic heterocycles. The molecule has 16 heavy (non-hydrogen) atoms. The van der Waals surface area contributed by atoms with Gasteiger partial charge in [-0.2, -0.15) is 0 Å². The summed E-state index contributed by atoms with van der Waals surface area (Å²) < 4.78 is 0. The lowest BCUT2D eigenvalue weighted by atomic mass is 10.1. The lowest BCUT2D eigenvalue weighted by Crippen LogP contribution is -2.38. The average Bonchev–Trinajstić information content (AvgIpc) is 2.81. The van der Waals surface area contributed by atoms with Crippen LogP contribution in [-0.2, 0) is 4.79 Å². The minimum absolute atomic E-state index is 0.0342. The molecule has 1 aliphatic carbocycles. The van der Waals surface area contributed by atoms with E-state index in [1.165, 1.54) is 0 Å². The van der Waals surface area contributed by atoms with Crippen molar-refractivity contribution in [3.63, 3.8) is 0 Å². The van der Waals surface area contributed by atoms with Gasteiger partial charge in [0, 0.05) is 12.6 Å². The Balaban J connectivity index is 2.06. The van der Waals surface area contributed by atoms with Gasteiger partial charge in [-0.25, -0.2) is 4.79 Å². The molecule has 5 heteroatoms. The number of hydrogen-bond acceptors (Lipinski definition) is 2. The minimum Gasteiger partial charge on any atom is -0.481 e. The highest BCUT2D eigenvalue weighted by Crippen LogP contribution is 2.35. The van der Waals surface area contributed by atoms with Crippen molar-refractivity contribution in [1.82, 2.24) is 10.6 Å². The molecular weight excluding hydrogens is 208 g/mol. The van der Waals surface area contributed by atoms with Crippen LogP contribution in [0.2, 0.25) is 0 Å². The highest BCUT2D eigenvalue weighted by atomic mass is 16.4. The van der Waals surface area contributed by atoms with Crippen molar-refractivity contribution in [3.8, 4) is 0 Å². The smallest absolute Gasteiger partial charge is 0.315 e. The largest absolute Gasteiger partial charge is 0.481 e. The van der Waals surface area contributed by atoms with Gasteiger partial charge in [-0.3, -0.25) is 4.79 Å². The molecule has 1 saturated carbocycles. The van der Waals surface area contributed by atoms with E-state index in [0.29, 0.717) is 11.8 Å². The second-order valence-corrected chi connectivity index (χ2v) is 4.78. The number of carbonyl (C=O) groups is 2. The number of carbonyl (C=O) groups excluding carboxylic acids is 1. The van der Waals surface area contributed by atoms with Crippen molar-refractivity contribution < 1.29 is 14.7 Å². The van der Waals surface area contributed by atoms with Crippen molar-refractivity contribution >= 4 is 12.0 Å². The molecule has 5 nitrogen and oxygen atoms in total. The lowest BCUT2D eigenvalue weighted by molar-refractivity contribution is -0.136. The SMILES string of the molecule is CC(C)C[C@@H]1C[C@H]1NC(=O)NCCC(=O)O. The van der Waals surface area contributed by atoms with Crippen molar-refractivity contribution in [2.75, 3.05) is 6.54 Å². The summed E-state index contributed by atoms with van der Waals surface area (Å²) in [6.07, 6.45) is 2.15. The third-order valence-electron chi connectivity index (χ3n) is 2.64. The van der Waals surface area contributed by atoms with Crippen LogP contribution >= 0.6 is 0 Å². The van der Waals surface area contributed by atoms with Crippen LogP contribution in [0.25, 0.3) is 0 Å². The van der Waals surface area contributed by atoms with Crippen LogP contribution in [0.5, 0.6) is 0 Å². The van der Waals surface area contributed by atoms with Crippen LogP contribution in [0.3, 0.4) is 0 Å². The number of carboxylic acids is 1. The Bertz CT molecular complexity index is 266. The predicted molar refractivity (Wildman–Crippen MR) is 60.1 cm³/mol. The van der Waals surface area contributed by atoms with Crippen molar-refractivity contribution in [2.45, 2.75) is 39.2 Å². The fraction of sp³-hybridized carbons (Fsp3) is 0.818. The van der Waals surface area contributed by atoms with Crippen LogP contribution in [0.15, 0.2) is 0 Å². The van der Waals surface area contributed by atoms with E-state index in [2.05, 4.69) is 24.5 Å². The van der Waals surface area contributed by atoms with Gasteiger partial charge in [0.25, 0.3) is 0 Å². The first-order valence-electron chi connectivity index (χ1n) is 5.75. The van der Waals surface area contributed by atoms with E-state index in [9.17, 15) is 9.59 Å². The molecule has 0 saturated heterocycles. The van der Waals surface area contributed by atoms with E-state index in [4.69, 9.17) is 5.11 Å². The van der Waals surface area contributed by atoms with Gasteiger partial charge in [0.1, 0.15) is 0 Å². The van der Waals surface area contributed by atoms with Crippen LogP contribution in [0.1, 0.15) is 33.1 Å². The molecule has 0 heterocycles. The van der Waals surface area contributed by atoms with E-state index in [1.807, 2.05) is 0 Å². The van der Waals surface area contributed by atoms with E-state index >= 15 is 0 Å². The third-order valence-corrected chi connectivity index (χ3v) is 2.64. The summed E-state index contributed by atoms with van der Waals surface area (Å²) in [5.41, 5.74) is 0. The van der Waals surface area contributed by atoms with Gasteiger partial charge in [0.15, 0.2) is 0 Å². The number of hydrogen-bond donors (Lipinski definition) is 3. The minimum atomic E-state index is -0.899. The molecule has 2 atom stereocenters. The first kappa shape index (κ1) is 12.8. The Hall–Kier alpha value is -1.26. The second kappa shape index (κ2) is 5.72. The molecule has 1 rings (SSSR count). The van der Waals surface area contributed by atoms with Gasteiger partial charge in [-0.05, 0) is 24.7 Å². The maximum absolute atomic E-state index is 11.3. The molecule has 0 bridgehead atoms. The fourth-order valence-corrected chi connectivity index (χ4v) is 1.79. The summed E-state index contributed by atoms with van der Waals surface area (Å²) in [7, 11) is 0. The maximum atomic E-state index is 11.3. The summed E-state index contributed by atoms with van der Waals surface area (Å²) in [4.78, 5) is 21.5. The van der Waals surface area contributed by atoms with E-state index in [1.54, 1.807) is 0 Å². The number of rotatable bonds is 6. The lowest BCUT2D eigenvalue weighted by Gasteiger charge is -2.07. The molecule has 2 amide bonds. The molecule has 0 aromatic rings. The average molecular weight is 228 g/mol. The summed E-state index contributed by atoms with van der Waals surface area (Å²) in [6, 6.07) is 0.0322. The van der Waals surface area contributed by atoms with Crippen molar-refractivity contribution in [3.05, 3.63) is 0 Å². The topological polar surface area (TPSA) is 78.4 Å². The Morgan fingerprint density at radius 3 is 2.69 bits per heavy atom. The number of nitrogens with one attached hydrogen (secondary N) is 2. The maximum Gasteiger partial charge on any atom is 0.315 e. The van der Waals surface area contributed by atoms with Crippen LogP contribution < -0.4 is 10.6 Å². The van der Waals surface area contributed by atoms with Gasteiger partial charge in [0.2, 0.25) is 0 Å². The number of carboxylic acid groups (broad SMARTS) is 1. The van der Waals surface area contributed by atoms with Crippen LogP contribution in [-0.4, -0.2) is 29.7 Å². The summed E-state index contributed by atoms with van der Waals surface area (Å²) >= 11 is 0. The zero-order chi connectivity index (χ0) is 12.1. The van der Waals surface area contributed by atoms with E-state index in [-0.39, 0.29) is 25.0 Å². The zero-order valence-electron chi connectivity index (χ0n) is 9.82. The molecule has 0 aromatic carbocycles. The standard InChI is InChI=1S/C11H20N2O3/c1-7(2)5-8-6-9(8)13-11(16)12-4-3-10(14)15/h7-9H,3-6H2,1-2H3,(H,14,15)(H2,12,13,16)/t8-,9-/m1/s1. The quantitative estimate of drug-likeness (QED) is 0.639. The molecule has 1 aliphatic rings. The Labute approximate surface area is 95.6 Å². The first-order chi connectivity index (χ1) is 7.49. The van der Waals surface area contributed by atoms with Gasteiger partial charge in [-0.15, -0.1) is 0 Å². The highest BCUT2D eigenvalue weighted by Gasteiger charge is 2.38. The van der Waals surface area contributed by atoms with E-state index in [0.717, 1.165) is 12.8 Å². The number of amides is 2. The van der Waals surface area contributed by atoms with Gasteiger partial charge in [-0.1, -0.05) is 13.8 Å². The predicted octanol–water partition coefficient (Wildman–Crippen LogP) is 1.19. The van der Waals surface area contributed by atoms with E-state index < -0.39 is 5.97 Å². The highest BCUT2D eigenvalue weighted by molar-refractivity contribution is 5.75. The molecule has 1 fully saturated rings. The van der Waals surface area contributed by atoms with Crippen molar-refractivity contribution in [2.24, 2.45) is 11.8 Å². The monoisotopic (exact) mass is 228 g/mol. The molecule has 3 N–H and O–H groups in total. The second-order valence-electron chi connectivity index (χ2n) is 4.78. The zero-order valence-corrected chi connectivity index (χ0v) is 9.82.